The summed E-state index contributed by atoms with van der Waals surface area (Å²) in [6.07, 6.45) is 3.72. The first-order valence-electron chi connectivity index (χ1n) is 6.59. The second-order valence-electron chi connectivity index (χ2n) is 4.61. The predicted molar refractivity (Wildman–Crippen MR) is 75.5 cm³/mol. The van der Waals surface area contributed by atoms with Gasteiger partial charge in [-0.1, -0.05) is 25.1 Å². The Kier molecular flexibility index (Phi) is 4.63. The normalized spacial score (nSPS) is 12.4. The number of aryl methyl sites for hydroxylation is 1. The van der Waals surface area contributed by atoms with E-state index in [1.807, 2.05) is 25.4 Å². The second kappa shape index (κ2) is 6.43. The number of aromatic nitrogens is 1. The maximum Gasteiger partial charge on any atom is 0.123 e. The van der Waals surface area contributed by atoms with Crippen molar-refractivity contribution in [1.82, 2.24) is 10.3 Å². The maximum atomic E-state index is 12.9. The highest BCUT2D eigenvalue weighted by Crippen LogP contribution is 2.17. The average Bonchev–Trinajstić information content (AvgIpc) is 2.46. The molecule has 1 N–H and O–H groups in total. The Balaban J connectivity index is 2.11. The lowest BCUT2D eigenvalue weighted by molar-refractivity contribution is 0.579. The first kappa shape index (κ1) is 13.7. The number of benzene rings is 1. The fraction of sp³-hybridized carbons (Fsp3) is 0.312. The lowest BCUT2D eigenvalue weighted by Gasteiger charge is -2.16. The van der Waals surface area contributed by atoms with Crippen molar-refractivity contribution in [1.29, 1.82) is 0 Å². The number of hydrogen-bond acceptors (Lipinski definition) is 2. The van der Waals surface area contributed by atoms with E-state index in [0.29, 0.717) is 0 Å². The molecule has 3 heteroatoms. The molecule has 19 heavy (non-hydrogen) atoms. The van der Waals surface area contributed by atoms with E-state index in [9.17, 15) is 4.39 Å². The number of nitrogens with zero attached hydrogens (tertiary/aromatic N) is 1. The zero-order chi connectivity index (χ0) is 13.7. The van der Waals surface area contributed by atoms with E-state index in [0.717, 1.165) is 24.1 Å². The van der Waals surface area contributed by atoms with Gasteiger partial charge >= 0.3 is 0 Å². The highest BCUT2D eigenvalue weighted by molar-refractivity contribution is 5.22. The largest absolute Gasteiger partial charge is 0.313 e. The highest BCUT2D eigenvalue weighted by atomic mass is 19.1. The average molecular weight is 258 g/mol. The molecule has 0 radical (unpaired) electrons. The van der Waals surface area contributed by atoms with Crippen LogP contribution < -0.4 is 5.32 Å². The number of halogens is 1. The van der Waals surface area contributed by atoms with Gasteiger partial charge in [-0.2, -0.15) is 0 Å². The molecule has 0 aliphatic heterocycles. The first-order chi connectivity index (χ1) is 9.22. The lowest BCUT2D eigenvalue weighted by atomic mass is 10.0. The van der Waals surface area contributed by atoms with Gasteiger partial charge in [-0.15, -0.1) is 0 Å². The van der Waals surface area contributed by atoms with Crippen LogP contribution in [0.2, 0.25) is 0 Å². The number of rotatable bonds is 5. The Morgan fingerprint density at radius 1 is 1.16 bits per heavy atom. The zero-order valence-electron chi connectivity index (χ0n) is 11.4. The predicted octanol–water partition coefficient (Wildman–Crippen LogP) is 3.29. The van der Waals surface area contributed by atoms with Gasteiger partial charge in [0, 0.05) is 24.4 Å². The molecule has 1 heterocycles. The number of pyridine rings is 1. The Labute approximate surface area is 113 Å². The molecule has 0 amide bonds. The van der Waals surface area contributed by atoms with Crippen LogP contribution >= 0.6 is 0 Å². The molecule has 0 saturated heterocycles. The monoisotopic (exact) mass is 258 g/mol. The van der Waals surface area contributed by atoms with Crippen LogP contribution in [0.4, 0.5) is 4.39 Å². The molecule has 0 fully saturated rings. The van der Waals surface area contributed by atoms with Gasteiger partial charge in [0.25, 0.3) is 0 Å². The molecule has 1 unspecified atom stereocenters. The van der Waals surface area contributed by atoms with Gasteiger partial charge in [0.15, 0.2) is 0 Å². The maximum absolute atomic E-state index is 12.9. The molecule has 100 valence electrons. The lowest BCUT2D eigenvalue weighted by Crippen LogP contribution is -2.19. The Hall–Kier alpha value is -1.74. The summed E-state index contributed by atoms with van der Waals surface area (Å²) < 4.78 is 12.9. The van der Waals surface area contributed by atoms with Gasteiger partial charge in [0.05, 0.1) is 0 Å². The molecule has 0 spiro atoms. The van der Waals surface area contributed by atoms with Crippen molar-refractivity contribution in [2.24, 2.45) is 0 Å². The summed E-state index contributed by atoms with van der Waals surface area (Å²) in [6.45, 7) is 2.12. The molecule has 1 aromatic carbocycles. The fourth-order valence-corrected chi connectivity index (χ4v) is 2.08. The van der Waals surface area contributed by atoms with Crippen LogP contribution in [0, 0.1) is 5.82 Å². The molecule has 2 aromatic rings. The molecule has 1 aromatic heterocycles. The van der Waals surface area contributed by atoms with Gasteiger partial charge in [-0.3, -0.25) is 4.98 Å². The summed E-state index contributed by atoms with van der Waals surface area (Å²) in [7, 11) is 1.91. The molecule has 2 nitrogen and oxygen atoms in total. The molecule has 0 aliphatic rings. The van der Waals surface area contributed by atoms with E-state index in [1.165, 1.54) is 17.7 Å². The third-order valence-corrected chi connectivity index (χ3v) is 3.33. The molecular weight excluding hydrogens is 239 g/mol. The number of nitrogens with one attached hydrogen (secondary N) is 1. The summed E-state index contributed by atoms with van der Waals surface area (Å²) in [5.74, 6) is -0.205. The standard InChI is InChI=1S/C16H19FN2/c1-3-12-4-9-15(19-11-12)10-16(18-2)13-5-7-14(17)8-6-13/h4-9,11,16,18H,3,10H2,1-2H3. The molecule has 1 atom stereocenters. The van der Waals surface area contributed by atoms with Crippen LogP contribution in [0.25, 0.3) is 0 Å². The van der Waals surface area contributed by atoms with Crippen LogP contribution in [0.15, 0.2) is 42.6 Å². The summed E-state index contributed by atoms with van der Waals surface area (Å²) in [5, 5.41) is 3.25. The minimum atomic E-state index is -0.205. The Bertz CT molecular complexity index is 505. The summed E-state index contributed by atoms with van der Waals surface area (Å²) in [4.78, 5) is 4.47. The van der Waals surface area contributed by atoms with Crippen molar-refractivity contribution < 1.29 is 4.39 Å². The zero-order valence-corrected chi connectivity index (χ0v) is 11.4. The quantitative estimate of drug-likeness (QED) is 0.890. The van der Waals surface area contributed by atoms with Crippen molar-refractivity contribution in [3.8, 4) is 0 Å². The summed E-state index contributed by atoms with van der Waals surface area (Å²) >= 11 is 0. The molecule has 0 saturated carbocycles. The Morgan fingerprint density at radius 3 is 2.42 bits per heavy atom. The molecule has 0 bridgehead atoms. The van der Waals surface area contributed by atoms with Gasteiger partial charge in [-0.05, 0) is 42.8 Å². The van der Waals surface area contributed by atoms with E-state index in [-0.39, 0.29) is 11.9 Å². The molecular formula is C16H19FN2. The van der Waals surface area contributed by atoms with Crippen LogP contribution in [-0.2, 0) is 12.8 Å². The van der Waals surface area contributed by atoms with Crippen molar-refractivity contribution in [3.63, 3.8) is 0 Å². The molecule has 2 rings (SSSR count). The summed E-state index contributed by atoms with van der Waals surface area (Å²) in [5.41, 5.74) is 3.36. The third-order valence-electron chi connectivity index (χ3n) is 3.33. The smallest absolute Gasteiger partial charge is 0.123 e. The fourth-order valence-electron chi connectivity index (χ4n) is 2.08. The topological polar surface area (TPSA) is 24.9 Å². The van der Waals surface area contributed by atoms with E-state index in [2.05, 4.69) is 29.4 Å². The Morgan fingerprint density at radius 2 is 1.89 bits per heavy atom. The van der Waals surface area contributed by atoms with E-state index >= 15 is 0 Å². The third kappa shape index (κ3) is 3.61. The van der Waals surface area contributed by atoms with Crippen molar-refractivity contribution in [2.75, 3.05) is 7.05 Å². The van der Waals surface area contributed by atoms with Crippen LogP contribution in [-0.4, -0.2) is 12.0 Å². The van der Waals surface area contributed by atoms with E-state index < -0.39 is 0 Å². The summed E-state index contributed by atoms with van der Waals surface area (Å²) in [6, 6.07) is 10.9. The second-order valence-corrected chi connectivity index (χ2v) is 4.61. The SMILES string of the molecule is CCc1ccc(CC(NC)c2ccc(F)cc2)nc1. The van der Waals surface area contributed by atoms with Crippen molar-refractivity contribution in [2.45, 2.75) is 25.8 Å². The van der Waals surface area contributed by atoms with Crippen LogP contribution in [0.3, 0.4) is 0 Å². The van der Waals surface area contributed by atoms with Crippen LogP contribution in [0.1, 0.15) is 29.8 Å². The molecule has 0 aliphatic carbocycles. The van der Waals surface area contributed by atoms with Crippen molar-refractivity contribution >= 4 is 0 Å². The van der Waals surface area contributed by atoms with Gasteiger partial charge < -0.3 is 5.32 Å². The highest BCUT2D eigenvalue weighted by Gasteiger charge is 2.10. The first-order valence-corrected chi connectivity index (χ1v) is 6.59. The minimum Gasteiger partial charge on any atom is -0.313 e. The van der Waals surface area contributed by atoms with Gasteiger partial charge in [-0.25, -0.2) is 4.39 Å². The number of likely N-dealkylation sites (N-methyl/N-ethyl adjacent to an activating group) is 1. The van der Waals surface area contributed by atoms with E-state index in [4.69, 9.17) is 0 Å². The van der Waals surface area contributed by atoms with Gasteiger partial charge in [0.1, 0.15) is 5.82 Å². The van der Waals surface area contributed by atoms with E-state index in [1.54, 1.807) is 0 Å². The number of hydrogen-bond donors (Lipinski definition) is 1. The minimum absolute atomic E-state index is 0.153. The van der Waals surface area contributed by atoms with Gasteiger partial charge in [0.2, 0.25) is 0 Å². The van der Waals surface area contributed by atoms with Crippen molar-refractivity contribution in [3.05, 3.63) is 65.2 Å². The van der Waals surface area contributed by atoms with Crippen LogP contribution in [0.5, 0.6) is 0 Å².